The number of benzene rings is 3. The number of carbonyl (C=O) groups is 1. The first-order valence-corrected chi connectivity index (χ1v) is 11.3. The molecule has 0 bridgehead atoms. The van der Waals surface area contributed by atoms with E-state index in [1.54, 1.807) is 6.33 Å². The van der Waals surface area contributed by atoms with Crippen LogP contribution in [0.1, 0.15) is 21.5 Å². The molecule has 0 fully saturated rings. The summed E-state index contributed by atoms with van der Waals surface area (Å²) in [6.07, 6.45) is 1.78. The van der Waals surface area contributed by atoms with E-state index in [4.69, 9.17) is 0 Å². The van der Waals surface area contributed by atoms with Crippen molar-refractivity contribution in [2.24, 2.45) is 0 Å². The Morgan fingerprint density at radius 3 is 2.21 bits per heavy atom. The van der Waals surface area contributed by atoms with Crippen molar-refractivity contribution in [3.05, 3.63) is 95.8 Å². The monoisotopic (exact) mass is 473 g/mol. The number of nitrogens with zero attached hydrogens (tertiary/aromatic N) is 2. The Hall–Kier alpha value is -3.66. The summed E-state index contributed by atoms with van der Waals surface area (Å²) in [5.74, 6) is -0.528. The van der Waals surface area contributed by atoms with Crippen molar-refractivity contribution in [3.8, 4) is 0 Å². The summed E-state index contributed by atoms with van der Waals surface area (Å²) in [5, 5.41) is 2.67. The number of aromatic nitrogens is 2. The molecule has 4 rings (SSSR count). The van der Waals surface area contributed by atoms with Crippen LogP contribution in [0.3, 0.4) is 0 Å². The first kappa shape index (κ1) is 22.5. The second kappa shape index (κ2) is 8.70. The largest absolute Gasteiger partial charge is 0.501 e. The lowest BCUT2D eigenvalue weighted by atomic mass is 10.1. The average Bonchev–Trinajstić information content (AvgIpc) is 3.20. The van der Waals surface area contributed by atoms with Gasteiger partial charge in [0.05, 0.1) is 22.3 Å². The number of hydrogen-bond acceptors (Lipinski definition) is 4. The molecule has 1 aromatic heterocycles. The van der Waals surface area contributed by atoms with Crippen LogP contribution < -0.4 is 5.32 Å². The van der Waals surface area contributed by atoms with E-state index in [1.807, 2.05) is 53.1 Å². The molecule has 0 aliphatic rings. The van der Waals surface area contributed by atoms with Gasteiger partial charge in [-0.05, 0) is 47.5 Å². The molecule has 0 saturated heterocycles. The number of carbonyl (C=O) groups excluding carboxylic acids is 1. The van der Waals surface area contributed by atoms with Crippen molar-refractivity contribution >= 4 is 26.8 Å². The van der Waals surface area contributed by atoms with Gasteiger partial charge in [-0.3, -0.25) is 4.79 Å². The van der Waals surface area contributed by atoms with Crippen LogP contribution in [0, 0.1) is 0 Å². The van der Waals surface area contributed by atoms with E-state index in [0.29, 0.717) is 6.54 Å². The van der Waals surface area contributed by atoms with Crippen LogP contribution in [0.2, 0.25) is 0 Å². The van der Waals surface area contributed by atoms with Crippen LogP contribution >= 0.6 is 0 Å². The Kier molecular flexibility index (Phi) is 5.94. The van der Waals surface area contributed by atoms with Gasteiger partial charge in [-0.25, -0.2) is 13.4 Å². The maximum Gasteiger partial charge on any atom is 0.501 e. The summed E-state index contributed by atoms with van der Waals surface area (Å²) in [7, 11) is -5.45. The summed E-state index contributed by atoms with van der Waals surface area (Å²) in [4.78, 5) is 15.7. The SMILES string of the molecule is O=C(NCc1ccc(Cn2cnc3ccccc32)cc1)c1ccc(S(=O)(=O)C(F)(F)F)cc1. The van der Waals surface area contributed by atoms with Gasteiger partial charge in [-0.15, -0.1) is 0 Å². The maximum atomic E-state index is 12.6. The highest BCUT2D eigenvalue weighted by molar-refractivity contribution is 7.92. The Morgan fingerprint density at radius 2 is 1.55 bits per heavy atom. The zero-order valence-electron chi connectivity index (χ0n) is 17.1. The number of fused-ring (bicyclic) bond motifs is 1. The number of imidazole rings is 1. The number of rotatable bonds is 6. The van der Waals surface area contributed by atoms with Crippen molar-refractivity contribution in [3.63, 3.8) is 0 Å². The van der Waals surface area contributed by atoms with Gasteiger partial charge in [0.25, 0.3) is 15.7 Å². The number of hydrogen-bond donors (Lipinski definition) is 1. The van der Waals surface area contributed by atoms with Gasteiger partial charge in [-0.2, -0.15) is 13.2 Å². The molecule has 10 heteroatoms. The van der Waals surface area contributed by atoms with Gasteiger partial charge in [0.1, 0.15) is 0 Å². The van der Waals surface area contributed by atoms with Gasteiger partial charge in [0.15, 0.2) is 0 Å². The summed E-state index contributed by atoms with van der Waals surface area (Å²) >= 11 is 0. The number of amides is 1. The highest BCUT2D eigenvalue weighted by Gasteiger charge is 2.46. The maximum absolute atomic E-state index is 12.6. The third kappa shape index (κ3) is 4.75. The van der Waals surface area contributed by atoms with Crippen molar-refractivity contribution in [2.45, 2.75) is 23.5 Å². The zero-order valence-corrected chi connectivity index (χ0v) is 17.9. The molecule has 1 heterocycles. The normalized spacial score (nSPS) is 12.1. The predicted molar refractivity (Wildman–Crippen MR) is 116 cm³/mol. The fourth-order valence-corrected chi connectivity index (χ4v) is 4.06. The van der Waals surface area contributed by atoms with Crippen molar-refractivity contribution in [1.29, 1.82) is 0 Å². The van der Waals surface area contributed by atoms with E-state index in [2.05, 4.69) is 10.3 Å². The number of sulfone groups is 1. The number of para-hydroxylation sites is 2. The fraction of sp³-hybridized carbons (Fsp3) is 0.130. The minimum absolute atomic E-state index is 0.0553. The van der Waals surface area contributed by atoms with Gasteiger partial charge in [0.2, 0.25) is 0 Å². The van der Waals surface area contributed by atoms with Crippen molar-refractivity contribution < 1.29 is 26.4 Å². The average molecular weight is 473 g/mol. The number of halogens is 3. The minimum Gasteiger partial charge on any atom is -0.348 e. The molecule has 170 valence electrons. The lowest BCUT2D eigenvalue weighted by molar-refractivity contribution is -0.0436. The van der Waals surface area contributed by atoms with Gasteiger partial charge >= 0.3 is 5.51 Å². The second-order valence-electron chi connectivity index (χ2n) is 7.33. The molecular weight excluding hydrogens is 455 g/mol. The molecular formula is C23H18F3N3O3S. The highest BCUT2D eigenvalue weighted by atomic mass is 32.2. The lowest BCUT2D eigenvalue weighted by Gasteiger charge is -2.10. The quantitative estimate of drug-likeness (QED) is 0.453. The van der Waals surface area contributed by atoms with Crippen molar-refractivity contribution in [2.75, 3.05) is 0 Å². The van der Waals surface area contributed by atoms with Crippen LogP contribution in [-0.2, 0) is 22.9 Å². The summed E-state index contributed by atoms with van der Waals surface area (Å²) in [5.41, 5.74) is -1.51. The third-order valence-electron chi connectivity index (χ3n) is 5.09. The zero-order chi connectivity index (χ0) is 23.6. The molecule has 0 unspecified atom stereocenters. The molecule has 1 N–H and O–H groups in total. The molecule has 0 atom stereocenters. The Labute approximate surface area is 187 Å². The Morgan fingerprint density at radius 1 is 0.909 bits per heavy atom. The molecule has 0 aliphatic heterocycles. The van der Waals surface area contributed by atoms with Crippen LogP contribution in [0.5, 0.6) is 0 Å². The topological polar surface area (TPSA) is 81.1 Å². The van der Waals surface area contributed by atoms with Crippen LogP contribution in [-0.4, -0.2) is 29.4 Å². The molecule has 6 nitrogen and oxygen atoms in total. The van der Waals surface area contributed by atoms with Gasteiger partial charge < -0.3 is 9.88 Å². The Bertz CT molecular complexity index is 1390. The van der Waals surface area contributed by atoms with Crippen molar-refractivity contribution in [1.82, 2.24) is 14.9 Å². The van der Waals surface area contributed by atoms with E-state index in [-0.39, 0.29) is 12.1 Å². The number of alkyl halides is 3. The fourth-order valence-electron chi connectivity index (χ4n) is 3.30. The van der Waals surface area contributed by atoms with Crippen LogP contribution in [0.4, 0.5) is 13.2 Å². The smallest absolute Gasteiger partial charge is 0.348 e. The molecule has 0 spiro atoms. The molecule has 33 heavy (non-hydrogen) atoms. The second-order valence-corrected chi connectivity index (χ2v) is 9.28. The molecule has 0 radical (unpaired) electrons. The molecule has 3 aromatic carbocycles. The van der Waals surface area contributed by atoms with Gasteiger partial charge in [0, 0.05) is 18.7 Å². The van der Waals surface area contributed by atoms with E-state index in [1.165, 1.54) is 0 Å². The summed E-state index contributed by atoms with van der Waals surface area (Å²) in [6.45, 7) is 0.843. The highest BCUT2D eigenvalue weighted by Crippen LogP contribution is 2.30. The van der Waals surface area contributed by atoms with E-state index >= 15 is 0 Å². The van der Waals surface area contributed by atoms with Crippen LogP contribution in [0.15, 0.2) is 84.0 Å². The lowest BCUT2D eigenvalue weighted by Crippen LogP contribution is -2.24. The summed E-state index contributed by atoms with van der Waals surface area (Å²) in [6, 6.07) is 19.1. The number of nitrogens with one attached hydrogen (secondary N) is 1. The van der Waals surface area contributed by atoms with E-state index < -0.39 is 26.1 Å². The molecule has 0 aliphatic carbocycles. The molecule has 4 aromatic rings. The minimum atomic E-state index is -5.45. The molecule has 0 saturated carbocycles. The molecule has 1 amide bonds. The first-order valence-electron chi connectivity index (χ1n) is 9.82. The first-order chi connectivity index (χ1) is 15.6. The van der Waals surface area contributed by atoms with Gasteiger partial charge in [-0.1, -0.05) is 36.4 Å². The van der Waals surface area contributed by atoms with E-state index in [9.17, 15) is 26.4 Å². The van der Waals surface area contributed by atoms with Crippen LogP contribution in [0.25, 0.3) is 11.0 Å². The Balaban J connectivity index is 1.37. The third-order valence-corrected chi connectivity index (χ3v) is 6.59. The standard InChI is InChI=1S/C23H18F3N3O3S/c24-23(25,26)33(31,32)19-11-9-18(10-12-19)22(30)27-13-16-5-7-17(8-6-16)14-29-15-28-20-3-1-2-4-21(20)29/h1-12,15H,13-14H2,(H,27,30). The predicted octanol–water partition coefficient (Wildman–Crippen LogP) is 4.31. The van der Waals surface area contributed by atoms with E-state index in [0.717, 1.165) is 46.4 Å². The summed E-state index contributed by atoms with van der Waals surface area (Å²) < 4.78 is 62.7.